The second-order valence-electron chi connectivity index (χ2n) is 40.2. The van der Waals surface area contributed by atoms with Crippen LogP contribution in [0.4, 0.5) is 85.3 Å². The highest BCUT2D eigenvalue weighted by Gasteiger charge is 2.42. The monoisotopic (exact) mass is 1900 g/mol. The van der Waals surface area contributed by atoms with Crippen LogP contribution >= 0.6 is 0 Å². The van der Waals surface area contributed by atoms with Gasteiger partial charge in [-0.1, -0.05) is 367 Å². The lowest BCUT2D eigenvalue weighted by Gasteiger charge is -2.30. The quantitative estimate of drug-likeness (QED) is 0.0894. The molecule has 0 saturated heterocycles. The summed E-state index contributed by atoms with van der Waals surface area (Å²) < 4.78 is 16.1. The second-order valence-corrected chi connectivity index (χ2v) is 40.2. The number of fused-ring (bicyclic) bond motifs is 19. The Morgan fingerprint density at radius 1 is 0.189 bits per heavy atom. The molecule has 0 unspecified atom stereocenters. The first-order chi connectivity index (χ1) is 72.8. The van der Waals surface area contributed by atoms with E-state index in [-0.39, 0.29) is 10.8 Å². The van der Waals surface area contributed by atoms with Crippen molar-refractivity contribution in [3.63, 3.8) is 0 Å². The number of nitrogens with zero attached hydrogens (tertiary/aromatic N) is 6. The van der Waals surface area contributed by atoms with E-state index in [2.05, 4.69) is 580 Å². The minimum Gasteiger partial charge on any atom is -0.454 e. The fourth-order valence-corrected chi connectivity index (χ4v) is 24.1. The molecule has 24 aromatic carbocycles. The maximum absolute atomic E-state index is 6.79. The summed E-state index contributed by atoms with van der Waals surface area (Å²) in [6.45, 7) is 13.8. The number of anilines is 15. The van der Waals surface area contributed by atoms with Crippen LogP contribution in [-0.2, 0) is 10.8 Å². The molecule has 0 fully saturated rings. The molecule has 2 aliphatic carbocycles. The standard InChI is InChI=1S/C54H36N2O2.C43H32N2.C43H34N2/c1-33-13-9-19-39-41-21-11-23-47(53(41)57-51(33)39)55(37-15-5-3-6-16-37)45-31-27-35-26-30-44-46(32-28-36-25-29-43(45)49(35)50(36)44)56(38-17-7-4-8-18-38)48-24-12-22-42-40-20-10-14-34(2)52(40)58-54(42)48;1-43(2)37-27-31(44(29-15-5-3-6-16-29)30-17-7-4-8-18-30)25-26-36(37)42-35-22-10-9-21-34(35)41(28-38(42)43)45-39-23-13-11-19-32(39)33-20-12-14-24-40(33)45;1-43(2)39-29-35(44(31-17-7-3-8-18-31)32-19-9-4-10-20-32)27-28-38(39)42-37-26-16-15-25-36(37)41(30-40(42)43)45(33-21-11-5-12-22-33)34-23-13-6-14-24-34/h3-32H,1-2H3;3-28H,1-2H3;3-30H,1-2H3. The number of rotatable bonds is 16. The van der Waals surface area contributed by atoms with Gasteiger partial charge < -0.3 is 37.9 Å². The van der Waals surface area contributed by atoms with Gasteiger partial charge in [0.25, 0.3) is 0 Å². The van der Waals surface area contributed by atoms with E-state index in [1.54, 1.807) is 0 Å². The maximum atomic E-state index is 6.79. The Morgan fingerprint density at radius 3 is 0.872 bits per heavy atom. The molecular weight excluding hydrogens is 1800 g/mol. The Morgan fingerprint density at radius 2 is 0.486 bits per heavy atom. The van der Waals surface area contributed by atoms with Crippen molar-refractivity contribution >= 4 is 205 Å². The van der Waals surface area contributed by atoms with E-state index in [4.69, 9.17) is 8.83 Å². The second kappa shape index (κ2) is 35.7. The van der Waals surface area contributed by atoms with Crippen LogP contribution in [0.2, 0.25) is 0 Å². The average Bonchev–Trinajstić information content (AvgIpc) is 1.41. The van der Waals surface area contributed by atoms with E-state index >= 15 is 0 Å². The van der Waals surface area contributed by atoms with E-state index < -0.39 is 0 Å². The van der Waals surface area contributed by atoms with Crippen molar-refractivity contribution in [3.05, 3.63) is 543 Å². The van der Waals surface area contributed by atoms with Crippen molar-refractivity contribution in [1.82, 2.24) is 4.57 Å². The topological polar surface area (TPSA) is 47.4 Å². The summed E-state index contributed by atoms with van der Waals surface area (Å²) in [4.78, 5) is 11.9. The summed E-state index contributed by atoms with van der Waals surface area (Å²) in [6, 6.07) is 184. The zero-order valence-corrected chi connectivity index (χ0v) is 83.0. The van der Waals surface area contributed by atoms with Gasteiger partial charge in [0, 0.05) is 122 Å². The summed E-state index contributed by atoms with van der Waals surface area (Å²) in [5.41, 5.74) is 36.6. The van der Waals surface area contributed by atoms with Crippen LogP contribution in [0.15, 0.2) is 518 Å². The van der Waals surface area contributed by atoms with Crippen LogP contribution in [0.1, 0.15) is 61.1 Å². The Kier molecular flexibility index (Phi) is 21.3. The van der Waals surface area contributed by atoms with Crippen LogP contribution < -0.4 is 24.5 Å². The van der Waals surface area contributed by atoms with E-state index in [0.29, 0.717) is 0 Å². The predicted molar refractivity (Wildman–Crippen MR) is 625 cm³/mol. The smallest absolute Gasteiger partial charge is 0.159 e. The van der Waals surface area contributed by atoms with Gasteiger partial charge in [0.2, 0.25) is 0 Å². The molecule has 29 rings (SSSR count). The number of aryl methyl sites for hydroxylation is 2. The number of hydrogen-bond donors (Lipinski definition) is 0. The van der Waals surface area contributed by atoms with Gasteiger partial charge in [0.05, 0.1) is 45.2 Å². The molecule has 0 radical (unpaired) electrons. The van der Waals surface area contributed by atoms with Crippen molar-refractivity contribution < 1.29 is 8.83 Å². The van der Waals surface area contributed by atoms with Gasteiger partial charge in [-0.15, -0.1) is 0 Å². The Hall–Kier alpha value is -18.8. The molecule has 0 spiro atoms. The van der Waals surface area contributed by atoms with Crippen LogP contribution in [0.5, 0.6) is 0 Å². The molecule has 8 nitrogen and oxygen atoms in total. The Bertz CT molecular complexity index is 9420. The van der Waals surface area contributed by atoms with E-state index in [0.717, 1.165) is 129 Å². The molecule has 148 heavy (non-hydrogen) atoms. The molecule has 0 saturated carbocycles. The molecule has 0 bridgehead atoms. The van der Waals surface area contributed by atoms with Crippen molar-refractivity contribution in [2.75, 3.05) is 24.5 Å². The number of furan rings is 2. The summed E-state index contributed by atoms with van der Waals surface area (Å²) in [7, 11) is 0. The summed E-state index contributed by atoms with van der Waals surface area (Å²) in [6.07, 6.45) is 0. The molecule has 3 aromatic heterocycles. The van der Waals surface area contributed by atoms with E-state index in [1.807, 2.05) is 0 Å². The molecule has 8 heteroatoms. The molecule has 0 atom stereocenters. The van der Waals surface area contributed by atoms with Gasteiger partial charge >= 0.3 is 0 Å². The third kappa shape index (κ3) is 14.4. The minimum atomic E-state index is -0.211. The fraction of sp³-hybridized carbons (Fsp3) is 0.0571. The highest BCUT2D eigenvalue weighted by molar-refractivity contribution is 6.29. The summed E-state index contributed by atoms with van der Waals surface area (Å²) in [5, 5.41) is 19.3. The first kappa shape index (κ1) is 88.2. The van der Waals surface area contributed by atoms with Gasteiger partial charge in [-0.25, -0.2) is 0 Å². The Labute approximate surface area is 859 Å². The maximum Gasteiger partial charge on any atom is 0.159 e. The molecule has 0 amide bonds. The van der Waals surface area contributed by atoms with Crippen LogP contribution in [0, 0.1) is 13.8 Å². The largest absolute Gasteiger partial charge is 0.454 e. The van der Waals surface area contributed by atoms with Gasteiger partial charge in [-0.05, 0) is 272 Å². The number of benzene rings is 24. The van der Waals surface area contributed by atoms with Crippen molar-refractivity contribution in [2.24, 2.45) is 0 Å². The van der Waals surface area contributed by atoms with E-state index in [9.17, 15) is 0 Å². The normalized spacial score (nSPS) is 12.6. The highest BCUT2D eigenvalue weighted by Crippen LogP contribution is 2.60. The highest BCUT2D eigenvalue weighted by atomic mass is 16.3. The number of para-hydroxylation sites is 14. The molecule has 704 valence electrons. The zero-order chi connectivity index (χ0) is 99.0. The van der Waals surface area contributed by atoms with Crippen molar-refractivity contribution in [3.8, 4) is 27.9 Å². The van der Waals surface area contributed by atoms with Gasteiger partial charge in [-0.2, -0.15) is 0 Å². The van der Waals surface area contributed by atoms with Crippen LogP contribution in [-0.4, -0.2) is 4.57 Å². The lowest BCUT2D eigenvalue weighted by molar-refractivity contribution is 0.660. The van der Waals surface area contributed by atoms with Crippen LogP contribution in [0.25, 0.3) is 147 Å². The summed E-state index contributed by atoms with van der Waals surface area (Å²) >= 11 is 0. The zero-order valence-electron chi connectivity index (χ0n) is 83.0. The lowest BCUT2D eigenvalue weighted by Crippen LogP contribution is -2.18. The lowest BCUT2D eigenvalue weighted by atomic mass is 9.81. The predicted octanol–water partition coefficient (Wildman–Crippen LogP) is 39.7. The first-order valence-corrected chi connectivity index (χ1v) is 51.2. The third-order valence-corrected chi connectivity index (χ3v) is 31.0. The van der Waals surface area contributed by atoms with Gasteiger partial charge in [0.1, 0.15) is 11.2 Å². The molecular formula is C140H102N6O2. The van der Waals surface area contributed by atoms with E-state index in [1.165, 1.54) is 137 Å². The molecule has 0 N–H and O–H groups in total. The van der Waals surface area contributed by atoms with Gasteiger partial charge in [0.15, 0.2) is 11.2 Å². The fourth-order valence-electron chi connectivity index (χ4n) is 24.1. The SMILES string of the molecule is CC1(C)c2cc(N(c3ccccc3)c3ccccc3)ccc2-c2c1cc(-n1c3ccccc3c3ccccc31)c1ccccc21.CC1(C)c2cc(N(c3ccccc3)c3ccccc3)ccc2-c2c1cc(N(c1ccccc1)c1ccccc1)c1ccccc21.Cc1cccc2c1oc1c(N(c3ccccc3)c3ccc4ccc5c(N(c6ccccc6)c6cccc7c6oc6c(C)cccc67)ccc6ccc3c4c65)cccc12. The molecule has 3 heterocycles. The third-order valence-electron chi connectivity index (χ3n) is 31.0. The molecule has 0 aliphatic heterocycles. The van der Waals surface area contributed by atoms with Crippen molar-refractivity contribution in [1.29, 1.82) is 0 Å². The van der Waals surface area contributed by atoms with Gasteiger partial charge in [-0.3, -0.25) is 0 Å². The molecule has 27 aromatic rings. The average molecular weight is 1900 g/mol. The van der Waals surface area contributed by atoms with Crippen molar-refractivity contribution in [2.45, 2.75) is 52.4 Å². The first-order valence-electron chi connectivity index (χ1n) is 51.2. The minimum absolute atomic E-state index is 0.197. The molecule has 2 aliphatic rings. The Balaban J connectivity index is 0.000000111. The number of hydrogen-bond acceptors (Lipinski definition) is 7. The van der Waals surface area contributed by atoms with Crippen LogP contribution in [0.3, 0.4) is 0 Å². The summed E-state index contributed by atoms with van der Waals surface area (Å²) in [5.74, 6) is 0. The number of aromatic nitrogens is 1.